The van der Waals surface area contributed by atoms with Crippen LogP contribution in [0.3, 0.4) is 0 Å². The van der Waals surface area contributed by atoms with Gasteiger partial charge in [0.15, 0.2) is 0 Å². The van der Waals surface area contributed by atoms with Gasteiger partial charge in [0.2, 0.25) is 0 Å². The van der Waals surface area contributed by atoms with Crippen molar-refractivity contribution in [2.24, 2.45) is 0 Å². The fourth-order valence-electron chi connectivity index (χ4n) is 0.923. The van der Waals surface area contributed by atoms with Gasteiger partial charge in [-0.05, 0) is 17.7 Å². The summed E-state index contributed by atoms with van der Waals surface area (Å²) < 4.78 is 0. The molecule has 0 atom stereocenters. The molecule has 1 heterocycles. The smallest absolute Gasteiger partial charge is 0.267 e. The standard InChI is InChI=1S/C9H10N2O2/c1-10-9(13)8-5-7(6-11-8)3-2-4-12/h2-6,11H,1H3,(H,10,13)/b3-2+. The maximum absolute atomic E-state index is 11.1. The lowest BCUT2D eigenvalue weighted by Gasteiger charge is -1.92. The summed E-state index contributed by atoms with van der Waals surface area (Å²) in [7, 11) is 1.56. The van der Waals surface area contributed by atoms with E-state index in [1.54, 1.807) is 25.4 Å². The predicted molar refractivity (Wildman–Crippen MR) is 49.3 cm³/mol. The first kappa shape index (κ1) is 9.25. The fraction of sp³-hybridized carbons (Fsp3) is 0.111. The van der Waals surface area contributed by atoms with Gasteiger partial charge in [-0.15, -0.1) is 0 Å². The number of nitrogens with one attached hydrogen (secondary N) is 2. The van der Waals surface area contributed by atoms with Crippen molar-refractivity contribution in [1.29, 1.82) is 0 Å². The lowest BCUT2D eigenvalue weighted by molar-refractivity contribution is -0.104. The molecular weight excluding hydrogens is 168 g/mol. The zero-order valence-electron chi connectivity index (χ0n) is 7.20. The molecule has 1 aromatic rings. The maximum Gasteiger partial charge on any atom is 0.267 e. The second-order valence-electron chi connectivity index (χ2n) is 2.42. The molecule has 13 heavy (non-hydrogen) atoms. The molecule has 0 aliphatic carbocycles. The Hall–Kier alpha value is -1.84. The van der Waals surface area contributed by atoms with Crippen LogP contribution in [0, 0.1) is 0 Å². The normalized spacial score (nSPS) is 10.2. The minimum atomic E-state index is -0.175. The van der Waals surface area contributed by atoms with Gasteiger partial charge in [-0.25, -0.2) is 0 Å². The number of rotatable bonds is 3. The van der Waals surface area contributed by atoms with Crippen molar-refractivity contribution in [2.75, 3.05) is 7.05 Å². The third-order valence-electron chi connectivity index (χ3n) is 1.54. The van der Waals surface area contributed by atoms with E-state index in [1.165, 1.54) is 6.08 Å². The highest BCUT2D eigenvalue weighted by Crippen LogP contribution is 2.04. The molecule has 0 radical (unpaired) electrons. The van der Waals surface area contributed by atoms with Crippen molar-refractivity contribution < 1.29 is 9.59 Å². The van der Waals surface area contributed by atoms with Crippen LogP contribution in [0.15, 0.2) is 18.3 Å². The molecule has 1 rings (SSSR count). The van der Waals surface area contributed by atoms with Crippen LogP contribution in [-0.2, 0) is 4.79 Å². The summed E-state index contributed by atoms with van der Waals surface area (Å²) in [5.74, 6) is -0.175. The lowest BCUT2D eigenvalue weighted by Crippen LogP contribution is -2.17. The Morgan fingerprint density at radius 1 is 1.62 bits per heavy atom. The van der Waals surface area contributed by atoms with Crippen molar-refractivity contribution in [3.63, 3.8) is 0 Å². The van der Waals surface area contributed by atoms with Crippen LogP contribution in [0.25, 0.3) is 6.08 Å². The molecule has 0 fully saturated rings. The van der Waals surface area contributed by atoms with E-state index in [0.717, 1.165) is 5.56 Å². The predicted octanol–water partition coefficient (Wildman–Crippen LogP) is 0.586. The van der Waals surface area contributed by atoms with E-state index in [9.17, 15) is 9.59 Å². The topological polar surface area (TPSA) is 62.0 Å². The summed E-state index contributed by atoms with van der Waals surface area (Å²) in [5, 5.41) is 2.49. The van der Waals surface area contributed by atoms with Gasteiger partial charge in [0, 0.05) is 13.2 Å². The highest BCUT2D eigenvalue weighted by Gasteiger charge is 2.03. The van der Waals surface area contributed by atoms with Crippen LogP contribution in [-0.4, -0.2) is 24.2 Å². The molecule has 4 nitrogen and oxygen atoms in total. The third kappa shape index (κ3) is 2.30. The van der Waals surface area contributed by atoms with E-state index in [2.05, 4.69) is 10.3 Å². The maximum atomic E-state index is 11.1. The molecule has 0 aromatic carbocycles. The SMILES string of the molecule is CNC(=O)c1cc(/C=C/C=O)c[nH]1. The van der Waals surface area contributed by atoms with Crippen molar-refractivity contribution >= 4 is 18.3 Å². The van der Waals surface area contributed by atoms with E-state index < -0.39 is 0 Å². The largest absolute Gasteiger partial charge is 0.357 e. The van der Waals surface area contributed by atoms with Crippen molar-refractivity contribution in [3.05, 3.63) is 29.6 Å². The number of hydrogen-bond acceptors (Lipinski definition) is 2. The van der Waals surface area contributed by atoms with Gasteiger partial charge in [-0.1, -0.05) is 6.08 Å². The number of aldehydes is 1. The summed E-state index contributed by atoms with van der Waals surface area (Å²) in [6.07, 6.45) is 5.34. The molecular formula is C9H10N2O2. The van der Waals surface area contributed by atoms with Gasteiger partial charge in [0.25, 0.3) is 5.91 Å². The number of carbonyl (C=O) groups is 2. The summed E-state index contributed by atoms with van der Waals surface area (Å²) in [6, 6.07) is 1.67. The summed E-state index contributed by atoms with van der Waals surface area (Å²) in [4.78, 5) is 23.8. The third-order valence-corrected chi connectivity index (χ3v) is 1.54. The van der Waals surface area contributed by atoms with E-state index >= 15 is 0 Å². The molecule has 0 spiro atoms. The average molecular weight is 178 g/mol. The minimum absolute atomic E-state index is 0.175. The van der Waals surface area contributed by atoms with Crippen molar-refractivity contribution in [3.8, 4) is 0 Å². The average Bonchev–Trinajstić information content (AvgIpc) is 2.62. The number of aromatic amines is 1. The lowest BCUT2D eigenvalue weighted by atomic mass is 10.3. The molecule has 0 aliphatic rings. The molecule has 68 valence electrons. The Bertz CT molecular complexity index is 339. The first-order chi connectivity index (χ1) is 6.27. The van der Waals surface area contributed by atoms with Crippen LogP contribution in [0.4, 0.5) is 0 Å². The first-order valence-corrected chi connectivity index (χ1v) is 3.80. The Morgan fingerprint density at radius 3 is 3.00 bits per heavy atom. The molecule has 0 aliphatic heterocycles. The number of aromatic nitrogens is 1. The Balaban J connectivity index is 2.80. The van der Waals surface area contributed by atoms with E-state index in [-0.39, 0.29) is 5.91 Å². The van der Waals surface area contributed by atoms with Crippen molar-refractivity contribution in [1.82, 2.24) is 10.3 Å². The molecule has 0 unspecified atom stereocenters. The number of H-pyrrole nitrogens is 1. The Kier molecular flexibility index (Phi) is 3.03. The molecule has 4 heteroatoms. The van der Waals surface area contributed by atoms with E-state index in [0.29, 0.717) is 12.0 Å². The second-order valence-corrected chi connectivity index (χ2v) is 2.42. The van der Waals surface area contributed by atoms with Gasteiger partial charge in [0.1, 0.15) is 12.0 Å². The molecule has 0 saturated carbocycles. The number of allylic oxidation sites excluding steroid dienone is 1. The van der Waals surface area contributed by atoms with Gasteiger partial charge in [-0.3, -0.25) is 9.59 Å². The van der Waals surface area contributed by atoms with E-state index in [4.69, 9.17) is 0 Å². The van der Waals surface area contributed by atoms with Crippen LogP contribution in [0.1, 0.15) is 16.1 Å². The van der Waals surface area contributed by atoms with E-state index in [1.807, 2.05) is 0 Å². The highest BCUT2D eigenvalue weighted by molar-refractivity contribution is 5.93. The minimum Gasteiger partial charge on any atom is -0.357 e. The molecule has 0 saturated heterocycles. The quantitative estimate of drug-likeness (QED) is 0.525. The molecule has 1 aromatic heterocycles. The summed E-state index contributed by atoms with van der Waals surface area (Å²) in [5.41, 5.74) is 1.28. The van der Waals surface area contributed by atoms with Crippen LogP contribution < -0.4 is 5.32 Å². The molecule has 0 bridgehead atoms. The van der Waals surface area contributed by atoms with Gasteiger partial charge < -0.3 is 10.3 Å². The number of amides is 1. The van der Waals surface area contributed by atoms with Gasteiger partial charge >= 0.3 is 0 Å². The summed E-state index contributed by atoms with van der Waals surface area (Å²) in [6.45, 7) is 0. The number of carbonyl (C=O) groups excluding carboxylic acids is 2. The monoisotopic (exact) mass is 178 g/mol. The van der Waals surface area contributed by atoms with Crippen molar-refractivity contribution in [2.45, 2.75) is 0 Å². The van der Waals surface area contributed by atoms with Crippen LogP contribution in [0.2, 0.25) is 0 Å². The second kappa shape index (κ2) is 4.25. The highest BCUT2D eigenvalue weighted by atomic mass is 16.1. The Labute approximate surface area is 75.6 Å². The van der Waals surface area contributed by atoms with Crippen LogP contribution >= 0.6 is 0 Å². The molecule has 2 N–H and O–H groups in total. The number of hydrogen-bond donors (Lipinski definition) is 2. The first-order valence-electron chi connectivity index (χ1n) is 3.80. The van der Waals surface area contributed by atoms with Crippen LogP contribution in [0.5, 0.6) is 0 Å². The Morgan fingerprint density at radius 2 is 2.38 bits per heavy atom. The van der Waals surface area contributed by atoms with Gasteiger partial charge in [-0.2, -0.15) is 0 Å². The fourth-order valence-corrected chi connectivity index (χ4v) is 0.923. The zero-order chi connectivity index (χ0) is 9.68. The molecule has 1 amide bonds. The zero-order valence-corrected chi connectivity index (χ0v) is 7.20. The van der Waals surface area contributed by atoms with Gasteiger partial charge in [0.05, 0.1) is 0 Å². The summed E-state index contributed by atoms with van der Waals surface area (Å²) >= 11 is 0.